The second-order valence-electron chi connectivity index (χ2n) is 9.11. The predicted molar refractivity (Wildman–Crippen MR) is 124 cm³/mol. The first-order valence-electron chi connectivity index (χ1n) is 10.7. The molecule has 1 aromatic rings. The van der Waals surface area contributed by atoms with Crippen molar-refractivity contribution in [2.75, 3.05) is 13.2 Å². The molecular weight excluding hydrogens is 430 g/mol. The normalized spacial score (nSPS) is 12.2. The first kappa shape index (κ1) is 27.7. The van der Waals surface area contributed by atoms with Crippen LogP contribution < -0.4 is 20.6 Å². The third-order valence-corrected chi connectivity index (χ3v) is 5.25. The number of primary amides is 1. The number of nitrogens with one attached hydrogen (secondary N) is 1. The summed E-state index contributed by atoms with van der Waals surface area (Å²) in [6.07, 6.45) is 2.00. The number of amides is 2. The zero-order valence-corrected chi connectivity index (χ0v) is 19.9. The van der Waals surface area contributed by atoms with Crippen LogP contribution in [0.4, 0.5) is 4.79 Å². The molecule has 0 saturated carbocycles. The number of carbonyl (C=O) groups is 3. The largest absolute Gasteiger partial charge is 0.494 e. The Morgan fingerprint density at radius 2 is 1.48 bits per heavy atom. The Balaban J connectivity index is 2.87. The van der Waals surface area contributed by atoms with Gasteiger partial charge in [-0.15, -0.1) is 0 Å². The van der Waals surface area contributed by atoms with Gasteiger partial charge in [0, 0.05) is 5.56 Å². The standard InChI is InChI=1S/C23H35N3O7/c1-15(25-26-21(24)31)17-14-16(32-12-6-10-22(2,3)19(27)28)8-9-18(17)33-13-7-11-23(4,5)20(29)30/h8-9,14H,6-7,10-13H2,1-5H3,(H,27,28)(H,29,30)(H3,24,26,31)/b25-15+. The van der Waals surface area contributed by atoms with Gasteiger partial charge in [0.1, 0.15) is 11.5 Å². The number of hydrazone groups is 1. The number of carbonyl (C=O) groups excluding carboxylic acids is 1. The van der Waals surface area contributed by atoms with Gasteiger partial charge in [0.15, 0.2) is 0 Å². The molecule has 0 aromatic heterocycles. The lowest BCUT2D eigenvalue weighted by Crippen LogP contribution is -2.25. The molecule has 33 heavy (non-hydrogen) atoms. The molecule has 0 aliphatic heterocycles. The van der Waals surface area contributed by atoms with Gasteiger partial charge in [-0.2, -0.15) is 5.10 Å². The summed E-state index contributed by atoms with van der Waals surface area (Å²) in [4.78, 5) is 33.5. The molecule has 0 radical (unpaired) electrons. The molecule has 0 bridgehead atoms. The smallest absolute Gasteiger partial charge is 0.332 e. The molecule has 0 aliphatic carbocycles. The Morgan fingerprint density at radius 3 is 1.97 bits per heavy atom. The van der Waals surface area contributed by atoms with Crippen molar-refractivity contribution in [3.05, 3.63) is 23.8 Å². The van der Waals surface area contributed by atoms with Gasteiger partial charge in [-0.3, -0.25) is 9.59 Å². The highest BCUT2D eigenvalue weighted by molar-refractivity contribution is 6.01. The van der Waals surface area contributed by atoms with E-state index < -0.39 is 28.8 Å². The van der Waals surface area contributed by atoms with Crippen LogP contribution in [0.1, 0.15) is 65.9 Å². The van der Waals surface area contributed by atoms with Crippen molar-refractivity contribution in [3.63, 3.8) is 0 Å². The molecule has 184 valence electrons. The van der Waals surface area contributed by atoms with Crippen LogP contribution in [0.3, 0.4) is 0 Å². The van der Waals surface area contributed by atoms with Crippen LogP contribution in [0.5, 0.6) is 11.5 Å². The topological polar surface area (TPSA) is 161 Å². The Hall–Kier alpha value is -3.30. The minimum atomic E-state index is -0.864. The van der Waals surface area contributed by atoms with Crippen LogP contribution in [0.15, 0.2) is 23.3 Å². The van der Waals surface area contributed by atoms with Crippen LogP contribution in [0.25, 0.3) is 0 Å². The third-order valence-electron chi connectivity index (χ3n) is 5.25. The molecule has 0 spiro atoms. The number of aliphatic carboxylic acids is 2. The molecular formula is C23H35N3O7. The van der Waals surface area contributed by atoms with Crippen molar-refractivity contribution < 1.29 is 34.1 Å². The molecule has 0 unspecified atom stereocenters. The van der Waals surface area contributed by atoms with Crippen LogP contribution in [0, 0.1) is 10.8 Å². The monoisotopic (exact) mass is 465 g/mol. The molecule has 2 amide bonds. The van der Waals surface area contributed by atoms with E-state index in [0.717, 1.165) is 0 Å². The van der Waals surface area contributed by atoms with E-state index in [1.165, 1.54) is 0 Å². The number of nitrogens with zero attached hydrogens (tertiary/aromatic N) is 1. The zero-order valence-electron chi connectivity index (χ0n) is 19.9. The van der Waals surface area contributed by atoms with Crippen molar-refractivity contribution >= 4 is 23.7 Å². The van der Waals surface area contributed by atoms with Crippen LogP contribution in [-0.4, -0.2) is 47.1 Å². The maximum atomic E-state index is 11.2. The maximum absolute atomic E-state index is 11.2. The first-order chi connectivity index (χ1) is 15.3. The number of benzene rings is 1. The number of hydrogen-bond donors (Lipinski definition) is 4. The summed E-state index contributed by atoms with van der Waals surface area (Å²) in [6, 6.07) is 4.33. The Kier molecular flexibility index (Phi) is 10.2. The average Bonchev–Trinajstić information content (AvgIpc) is 2.72. The minimum absolute atomic E-state index is 0.296. The van der Waals surface area contributed by atoms with Crippen molar-refractivity contribution in [2.24, 2.45) is 21.7 Å². The summed E-state index contributed by atoms with van der Waals surface area (Å²) in [5.41, 5.74) is 6.60. The van der Waals surface area contributed by atoms with E-state index >= 15 is 0 Å². The minimum Gasteiger partial charge on any atom is -0.494 e. The SMILES string of the molecule is C/C(=N\NC(N)=O)c1cc(OCCCC(C)(C)C(=O)O)ccc1OCCCC(C)(C)C(=O)O. The maximum Gasteiger partial charge on any atom is 0.332 e. The van der Waals surface area contributed by atoms with Gasteiger partial charge in [-0.1, -0.05) is 0 Å². The second kappa shape index (κ2) is 12.1. The number of hydrogen-bond acceptors (Lipinski definition) is 6. The average molecular weight is 466 g/mol. The Bertz CT molecular complexity index is 879. The van der Waals surface area contributed by atoms with Gasteiger partial charge in [0.05, 0.1) is 29.8 Å². The third kappa shape index (κ3) is 9.38. The van der Waals surface area contributed by atoms with E-state index in [-0.39, 0.29) is 0 Å². The van der Waals surface area contributed by atoms with Gasteiger partial charge in [-0.25, -0.2) is 10.2 Å². The molecule has 0 aliphatic rings. The molecule has 10 heteroatoms. The van der Waals surface area contributed by atoms with Gasteiger partial charge >= 0.3 is 18.0 Å². The highest BCUT2D eigenvalue weighted by Crippen LogP contribution is 2.28. The lowest BCUT2D eigenvalue weighted by atomic mass is 9.88. The van der Waals surface area contributed by atoms with Crippen LogP contribution in [-0.2, 0) is 9.59 Å². The summed E-state index contributed by atoms with van der Waals surface area (Å²) >= 11 is 0. The number of carboxylic acids is 2. The summed E-state index contributed by atoms with van der Waals surface area (Å²) < 4.78 is 11.6. The highest BCUT2D eigenvalue weighted by Gasteiger charge is 2.27. The van der Waals surface area contributed by atoms with E-state index in [1.54, 1.807) is 52.8 Å². The van der Waals surface area contributed by atoms with Crippen LogP contribution >= 0.6 is 0 Å². The Labute approximate surface area is 194 Å². The molecule has 0 saturated heterocycles. The van der Waals surface area contributed by atoms with Gasteiger partial charge in [0.2, 0.25) is 0 Å². The molecule has 5 N–H and O–H groups in total. The number of carboxylic acid groups (broad SMARTS) is 2. The highest BCUT2D eigenvalue weighted by atomic mass is 16.5. The van der Waals surface area contributed by atoms with E-state index in [1.807, 2.05) is 0 Å². The molecule has 0 fully saturated rings. The second-order valence-corrected chi connectivity index (χ2v) is 9.11. The number of ether oxygens (including phenoxy) is 2. The fourth-order valence-electron chi connectivity index (χ4n) is 2.82. The van der Waals surface area contributed by atoms with Gasteiger partial charge in [-0.05, 0) is 78.5 Å². The quantitative estimate of drug-likeness (QED) is 0.185. The van der Waals surface area contributed by atoms with Crippen molar-refractivity contribution in [3.8, 4) is 11.5 Å². The van der Waals surface area contributed by atoms with Crippen molar-refractivity contribution in [2.45, 2.75) is 60.3 Å². The lowest BCUT2D eigenvalue weighted by Gasteiger charge is -2.20. The zero-order chi connectivity index (χ0) is 25.2. The molecule has 0 atom stereocenters. The summed E-state index contributed by atoms with van der Waals surface area (Å²) in [7, 11) is 0. The van der Waals surface area contributed by atoms with Gasteiger partial charge < -0.3 is 25.4 Å². The van der Waals surface area contributed by atoms with E-state index in [0.29, 0.717) is 61.7 Å². The molecule has 0 heterocycles. The molecule has 1 aromatic carbocycles. The number of rotatable bonds is 14. The molecule has 10 nitrogen and oxygen atoms in total. The first-order valence-corrected chi connectivity index (χ1v) is 10.7. The van der Waals surface area contributed by atoms with Crippen molar-refractivity contribution in [1.29, 1.82) is 0 Å². The number of urea groups is 1. The summed E-state index contributed by atoms with van der Waals surface area (Å²) in [5.74, 6) is -0.690. The van der Waals surface area contributed by atoms with E-state index in [9.17, 15) is 24.6 Å². The molecule has 1 rings (SSSR count). The Morgan fingerprint density at radius 1 is 0.970 bits per heavy atom. The fraction of sp³-hybridized carbons (Fsp3) is 0.565. The van der Waals surface area contributed by atoms with E-state index in [4.69, 9.17) is 15.2 Å². The number of nitrogens with two attached hydrogens (primary N) is 1. The lowest BCUT2D eigenvalue weighted by molar-refractivity contribution is -0.148. The fourth-order valence-corrected chi connectivity index (χ4v) is 2.82. The predicted octanol–water partition coefficient (Wildman–Crippen LogP) is 3.62. The summed E-state index contributed by atoms with van der Waals surface area (Å²) in [5, 5.41) is 22.4. The van der Waals surface area contributed by atoms with Crippen LogP contribution in [0.2, 0.25) is 0 Å². The van der Waals surface area contributed by atoms with E-state index in [2.05, 4.69) is 10.5 Å². The van der Waals surface area contributed by atoms with Crippen molar-refractivity contribution in [1.82, 2.24) is 5.43 Å². The summed E-state index contributed by atoms with van der Waals surface area (Å²) in [6.45, 7) is 8.96. The van der Waals surface area contributed by atoms with Gasteiger partial charge in [0.25, 0.3) is 0 Å².